The Morgan fingerprint density at radius 1 is 1.18 bits per heavy atom. The van der Waals surface area contributed by atoms with Crippen LogP contribution >= 0.6 is 0 Å². The second-order valence-corrected chi connectivity index (χ2v) is 5.89. The number of nitrogens with zero attached hydrogens (tertiary/aromatic N) is 1. The normalized spacial score (nSPS) is 11.0. The third-order valence-electron chi connectivity index (χ3n) is 3.11. The quantitative estimate of drug-likeness (QED) is 0.874. The van der Waals surface area contributed by atoms with Crippen LogP contribution in [0.1, 0.15) is 27.2 Å². The molecular weight excluding hydrogens is 286 g/mol. The molecule has 0 aliphatic carbocycles. The Balaban J connectivity index is 3.30. The van der Waals surface area contributed by atoms with Crippen LogP contribution in [0.4, 0.5) is 5.69 Å². The molecule has 0 heterocycles. The first-order valence-electron chi connectivity index (χ1n) is 6.96. The van der Waals surface area contributed by atoms with Crippen molar-refractivity contribution in [2.75, 3.05) is 25.7 Å². The molecule has 1 aromatic rings. The number of hydrogen-bond acceptors (Lipinski definition) is 4. The number of carbonyl (C=O) groups excluding carboxylic acids is 1. The van der Waals surface area contributed by atoms with Crippen molar-refractivity contribution in [2.24, 2.45) is 5.41 Å². The van der Waals surface area contributed by atoms with Crippen molar-refractivity contribution in [3.63, 3.8) is 0 Å². The third-order valence-corrected chi connectivity index (χ3v) is 3.11. The molecule has 22 heavy (non-hydrogen) atoms. The van der Waals surface area contributed by atoms with E-state index in [0.717, 1.165) is 0 Å². The van der Waals surface area contributed by atoms with Gasteiger partial charge in [0.25, 0.3) is 0 Å². The van der Waals surface area contributed by atoms with Crippen molar-refractivity contribution in [3.05, 3.63) is 18.2 Å². The van der Waals surface area contributed by atoms with Crippen molar-refractivity contribution in [3.8, 4) is 11.5 Å². The minimum absolute atomic E-state index is 0.0644. The van der Waals surface area contributed by atoms with Crippen molar-refractivity contribution in [1.29, 1.82) is 0 Å². The lowest BCUT2D eigenvalue weighted by molar-refractivity contribution is -0.136. The van der Waals surface area contributed by atoms with Gasteiger partial charge >= 0.3 is 5.97 Å². The number of methoxy groups -OCH3 is 2. The molecule has 6 nitrogen and oxygen atoms in total. The third kappa shape index (κ3) is 4.38. The highest BCUT2D eigenvalue weighted by Gasteiger charge is 2.30. The maximum atomic E-state index is 12.7. The van der Waals surface area contributed by atoms with Crippen molar-refractivity contribution in [1.82, 2.24) is 0 Å². The predicted octanol–water partition coefficient (Wildman–Crippen LogP) is 2.56. The van der Waals surface area contributed by atoms with Crippen LogP contribution in [0.15, 0.2) is 18.2 Å². The highest BCUT2D eigenvalue weighted by Crippen LogP contribution is 2.34. The Hall–Kier alpha value is -2.24. The summed E-state index contributed by atoms with van der Waals surface area (Å²) in [5.74, 6) is -0.0875. The number of rotatable bonds is 6. The van der Waals surface area contributed by atoms with Crippen LogP contribution in [-0.4, -0.2) is 37.7 Å². The van der Waals surface area contributed by atoms with Gasteiger partial charge in [0.15, 0.2) is 0 Å². The molecule has 0 bridgehead atoms. The first-order chi connectivity index (χ1) is 10.2. The number of aliphatic carboxylic acids is 1. The summed E-state index contributed by atoms with van der Waals surface area (Å²) in [6, 6.07) is 5.08. The maximum absolute atomic E-state index is 12.7. The second kappa shape index (κ2) is 7.15. The fraction of sp³-hybridized carbons (Fsp3) is 0.500. The van der Waals surface area contributed by atoms with Gasteiger partial charge in [-0.15, -0.1) is 0 Å². The highest BCUT2D eigenvalue weighted by atomic mass is 16.5. The van der Waals surface area contributed by atoms with E-state index in [0.29, 0.717) is 17.2 Å². The smallest absolute Gasteiger partial charge is 0.305 e. The molecule has 1 rings (SSSR count). The van der Waals surface area contributed by atoms with Crippen LogP contribution < -0.4 is 14.4 Å². The molecule has 1 amide bonds. The van der Waals surface area contributed by atoms with E-state index in [9.17, 15) is 9.59 Å². The minimum Gasteiger partial charge on any atom is -0.497 e. The van der Waals surface area contributed by atoms with E-state index in [-0.39, 0.29) is 18.9 Å². The van der Waals surface area contributed by atoms with Crippen molar-refractivity contribution >= 4 is 17.6 Å². The van der Waals surface area contributed by atoms with E-state index < -0.39 is 11.4 Å². The van der Waals surface area contributed by atoms with E-state index >= 15 is 0 Å². The number of benzene rings is 1. The lowest BCUT2D eigenvalue weighted by Crippen LogP contribution is -2.41. The number of ether oxygens (including phenoxy) is 2. The number of amides is 1. The van der Waals surface area contributed by atoms with E-state index in [4.69, 9.17) is 14.6 Å². The van der Waals surface area contributed by atoms with E-state index in [1.807, 2.05) is 0 Å². The molecule has 0 aliphatic heterocycles. The average molecular weight is 309 g/mol. The summed E-state index contributed by atoms with van der Waals surface area (Å²) in [7, 11) is 3.03. The molecule has 0 saturated carbocycles. The number of anilines is 1. The van der Waals surface area contributed by atoms with Gasteiger partial charge in [-0.25, -0.2) is 0 Å². The SMILES string of the molecule is COc1ccc(OC)c(N(CCC(=O)O)C(=O)C(C)(C)C)c1. The number of carboxylic acid groups (broad SMARTS) is 1. The summed E-state index contributed by atoms with van der Waals surface area (Å²) in [6.45, 7) is 5.43. The Morgan fingerprint density at radius 3 is 2.27 bits per heavy atom. The molecule has 0 radical (unpaired) electrons. The molecule has 6 heteroatoms. The van der Waals surface area contributed by atoms with Gasteiger partial charge in [-0.2, -0.15) is 0 Å². The molecule has 0 atom stereocenters. The Bertz CT molecular complexity index is 548. The van der Waals surface area contributed by atoms with Crippen LogP contribution in [0.3, 0.4) is 0 Å². The summed E-state index contributed by atoms with van der Waals surface area (Å²) in [6.07, 6.45) is -0.151. The number of hydrogen-bond donors (Lipinski definition) is 1. The molecule has 0 saturated heterocycles. The zero-order valence-corrected chi connectivity index (χ0v) is 13.7. The molecule has 0 spiro atoms. The monoisotopic (exact) mass is 309 g/mol. The number of carbonyl (C=O) groups is 2. The minimum atomic E-state index is -0.964. The van der Waals surface area contributed by atoms with Crippen molar-refractivity contribution in [2.45, 2.75) is 27.2 Å². The molecule has 0 aromatic heterocycles. The summed E-state index contributed by atoms with van der Waals surface area (Å²) in [5.41, 5.74) is -0.143. The first-order valence-corrected chi connectivity index (χ1v) is 6.96. The Labute approximate surface area is 130 Å². The molecule has 1 N–H and O–H groups in total. The van der Waals surface area contributed by atoms with Gasteiger partial charge in [-0.1, -0.05) is 20.8 Å². The summed E-state index contributed by atoms with van der Waals surface area (Å²) >= 11 is 0. The largest absolute Gasteiger partial charge is 0.497 e. The zero-order chi connectivity index (χ0) is 16.9. The van der Waals surface area contributed by atoms with Crippen LogP contribution in [0.5, 0.6) is 11.5 Å². The summed E-state index contributed by atoms with van der Waals surface area (Å²) in [5, 5.41) is 8.93. The molecule has 0 fully saturated rings. The maximum Gasteiger partial charge on any atom is 0.305 e. The van der Waals surface area contributed by atoms with Gasteiger partial charge in [-0.3, -0.25) is 9.59 Å². The van der Waals surface area contributed by atoms with Crippen LogP contribution in [-0.2, 0) is 9.59 Å². The van der Waals surface area contributed by atoms with Gasteiger partial charge in [0.2, 0.25) is 5.91 Å². The fourth-order valence-corrected chi connectivity index (χ4v) is 1.95. The fourth-order valence-electron chi connectivity index (χ4n) is 1.95. The molecule has 0 unspecified atom stereocenters. The topological polar surface area (TPSA) is 76.1 Å². The van der Waals surface area contributed by atoms with E-state index in [2.05, 4.69) is 0 Å². The van der Waals surface area contributed by atoms with Gasteiger partial charge in [0.05, 0.1) is 26.3 Å². The average Bonchev–Trinajstić information content (AvgIpc) is 2.45. The van der Waals surface area contributed by atoms with E-state index in [1.54, 1.807) is 39.0 Å². The zero-order valence-electron chi connectivity index (χ0n) is 13.7. The van der Waals surface area contributed by atoms with Gasteiger partial charge in [0, 0.05) is 18.0 Å². The Kier molecular flexibility index (Phi) is 5.79. The van der Waals surface area contributed by atoms with Crippen LogP contribution in [0.2, 0.25) is 0 Å². The predicted molar refractivity (Wildman–Crippen MR) is 83.6 cm³/mol. The van der Waals surface area contributed by atoms with Gasteiger partial charge in [-0.05, 0) is 12.1 Å². The molecule has 1 aromatic carbocycles. The Morgan fingerprint density at radius 2 is 1.82 bits per heavy atom. The van der Waals surface area contributed by atoms with Crippen LogP contribution in [0, 0.1) is 5.41 Å². The highest BCUT2D eigenvalue weighted by molar-refractivity contribution is 5.98. The van der Waals surface area contributed by atoms with Crippen molar-refractivity contribution < 1.29 is 24.2 Å². The molecular formula is C16H23NO5. The lowest BCUT2D eigenvalue weighted by atomic mass is 9.94. The summed E-state index contributed by atoms with van der Waals surface area (Å²) in [4.78, 5) is 25.0. The molecule has 0 aliphatic rings. The first kappa shape index (κ1) is 17.8. The number of carboxylic acids is 1. The second-order valence-electron chi connectivity index (χ2n) is 5.89. The lowest BCUT2D eigenvalue weighted by Gasteiger charge is -2.30. The van der Waals surface area contributed by atoms with Gasteiger partial charge < -0.3 is 19.5 Å². The summed E-state index contributed by atoms with van der Waals surface area (Å²) < 4.78 is 10.5. The van der Waals surface area contributed by atoms with Crippen LogP contribution in [0.25, 0.3) is 0 Å². The van der Waals surface area contributed by atoms with Gasteiger partial charge in [0.1, 0.15) is 11.5 Å². The standard InChI is InChI=1S/C16H23NO5/c1-16(2,3)15(20)17(9-8-14(18)19)12-10-11(21-4)6-7-13(12)22-5/h6-7,10H,8-9H2,1-5H3,(H,18,19). The molecule has 122 valence electrons. The van der Waals surface area contributed by atoms with E-state index in [1.165, 1.54) is 19.1 Å².